The number of amides is 1. The zero-order valence-corrected chi connectivity index (χ0v) is 17.5. The number of hydrogen-bond acceptors (Lipinski definition) is 6. The van der Waals surface area contributed by atoms with Crippen LogP contribution in [0.5, 0.6) is 5.75 Å². The second-order valence-electron chi connectivity index (χ2n) is 6.38. The minimum atomic E-state index is -3.92. The quantitative estimate of drug-likeness (QED) is 0.349. The summed E-state index contributed by atoms with van der Waals surface area (Å²) in [5, 5.41) is 13.8. The van der Waals surface area contributed by atoms with E-state index in [0.29, 0.717) is 18.0 Å². The van der Waals surface area contributed by atoms with Gasteiger partial charge in [-0.25, -0.2) is 8.42 Å². The summed E-state index contributed by atoms with van der Waals surface area (Å²) in [6.45, 7) is 5.52. The van der Waals surface area contributed by atoms with Gasteiger partial charge >= 0.3 is 0 Å². The van der Waals surface area contributed by atoms with Crippen LogP contribution in [0.4, 0.5) is 17.1 Å². The molecule has 0 fully saturated rings. The molecule has 9 nitrogen and oxygen atoms in total. The first-order valence-corrected chi connectivity index (χ1v) is 10.9. The Morgan fingerprint density at radius 1 is 1.30 bits per heavy atom. The molecule has 0 heterocycles. The van der Waals surface area contributed by atoms with Gasteiger partial charge in [-0.3, -0.25) is 19.2 Å². The lowest BCUT2D eigenvalue weighted by Crippen LogP contribution is -2.47. The number of nitro benzene ring substituents is 1. The molecule has 0 spiro atoms. The van der Waals surface area contributed by atoms with Crippen LogP contribution in [0.2, 0.25) is 0 Å². The molecule has 160 valence electrons. The Labute approximate surface area is 175 Å². The zero-order valence-electron chi connectivity index (χ0n) is 16.6. The second-order valence-corrected chi connectivity index (χ2v) is 8.24. The molecule has 2 rings (SSSR count). The SMILES string of the molecule is C=CCOc1cccc(NC(=O)[C@H](CC)N(c2cccc([N+](=O)[O-])c2)S(C)(=O)=O)c1. The molecule has 2 aromatic carbocycles. The van der Waals surface area contributed by atoms with Gasteiger partial charge in [-0.1, -0.05) is 31.7 Å². The number of nitrogens with one attached hydrogen (secondary N) is 1. The average Bonchev–Trinajstić information content (AvgIpc) is 2.69. The maximum atomic E-state index is 12.9. The van der Waals surface area contributed by atoms with E-state index < -0.39 is 26.9 Å². The van der Waals surface area contributed by atoms with E-state index in [1.165, 1.54) is 18.2 Å². The fraction of sp³-hybridized carbons (Fsp3) is 0.250. The summed E-state index contributed by atoms with van der Waals surface area (Å²) < 4.78 is 31.3. The first kappa shape index (κ1) is 22.9. The van der Waals surface area contributed by atoms with E-state index in [1.54, 1.807) is 37.3 Å². The molecule has 0 unspecified atom stereocenters. The fourth-order valence-electron chi connectivity index (χ4n) is 2.85. The summed E-state index contributed by atoms with van der Waals surface area (Å²) >= 11 is 0. The van der Waals surface area contributed by atoms with Crippen LogP contribution in [-0.2, 0) is 14.8 Å². The van der Waals surface area contributed by atoms with Gasteiger partial charge in [0.15, 0.2) is 0 Å². The number of non-ortho nitro benzene ring substituents is 1. The van der Waals surface area contributed by atoms with Crippen molar-refractivity contribution in [1.29, 1.82) is 0 Å². The molecule has 0 saturated heterocycles. The van der Waals surface area contributed by atoms with Gasteiger partial charge < -0.3 is 10.1 Å². The molecule has 0 bridgehead atoms. The Hall–Kier alpha value is -3.40. The number of hydrogen-bond donors (Lipinski definition) is 1. The van der Waals surface area contributed by atoms with Crippen molar-refractivity contribution in [3.8, 4) is 5.75 Å². The molecule has 0 radical (unpaired) electrons. The van der Waals surface area contributed by atoms with Crippen molar-refractivity contribution in [1.82, 2.24) is 0 Å². The summed E-state index contributed by atoms with van der Waals surface area (Å²) in [7, 11) is -3.92. The van der Waals surface area contributed by atoms with Crippen molar-refractivity contribution in [3.63, 3.8) is 0 Å². The average molecular weight is 433 g/mol. The van der Waals surface area contributed by atoms with E-state index in [9.17, 15) is 23.3 Å². The highest BCUT2D eigenvalue weighted by atomic mass is 32.2. The summed E-state index contributed by atoms with van der Waals surface area (Å²) in [4.78, 5) is 23.4. The smallest absolute Gasteiger partial charge is 0.271 e. The van der Waals surface area contributed by atoms with Gasteiger partial charge in [0.25, 0.3) is 5.69 Å². The van der Waals surface area contributed by atoms with E-state index >= 15 is 0 Å². The van der Waals surface area contributed by atoms with Crippen LogP contribution < -0.4 is 14.4 Å². The van der Waals surface area contributed by atoms with Gasteiger partial charge in [-0.15, -0.1) is 0 Å². The number of rotatable bonds is 10. The number of nitrogens with zero attached hydrogens (tertiary/aromatic N) is 2. The Balaban J connectivity index is 2.36. The van der Waals surface area contributed by atoms with Crippen LogP contribution in [0.1, 0.15) is 13.3 Å². The maximum Gasteiger partial charge on any atom is 0.271 e. The Kier molecular flexibility index (Phi) is 7.54. The van der Waals surface area contributed by atoms with E-state index in [1.807, 2.05) is 0 Å². The second kappa shape index (κ2) is 9.88. The van der Waals surface area contributed by atoms with Gasteiger partial charge in [0.2, 0.25) is 15.9 Å². The third-order valence-electron chi connectivity index (χ3n) is 4.09. The first-order chi connectivity index (χ1) is 14.2. The molecule has 0 aliphatic heterocycles. The molecule has 0 aromatic heterocycles. The van der Waals surface area contributed by atoms with Crippen molar-refractivity contribution in [2.45, 2.75) is 19.4 Å². The molecule has 10 heteroatoms. The number of carbonyl (C=O) groups is 1. The van der Waals surface area contributed by atoms with Crippen LogP contribution in [0.3, 0.4) is 0 Å². The molecule has 1 N–H and O–H groups in total. The van der Waals surface area contributed by atoms with Gasteiger partial charge in [0, 0.05) is 23.9 Å². The van der Waals surface area contributed by atoms with Gasteiger partial charge in [-0.2, -0.15) is 0 Å². The molecule has 0 aliphatic carbocycles. The largest absolute Gasteiger partial charge is 0.489 e. The Morgan fingerprint density at radius 3 is 2.60 bits per heavy atom. The predicted molar refractivity (Wildman–Crippen MR) is 115 cm³/mol. The number of anilines is 2. The van der Waals surface area contributed by atoms with Crippen molar-refractivity contribution >= 4 is 33.0 Å². The van der Waals surface area contributed by atoms with Crippen molar-refractivity contribution in [2.75, 3.05) is 22.5 Å². The summed E-state index contributed by atoms with van der Waals surface area (Å²) in [5.74, 6) is -0.0605. The fourth-order valence-corrected chi connectivity index (χ4v) is 4.05. The summed E-state index contributed by atoms with van der Waals surface area (Å²) in [6, 6.07) is 10.7. The molecule has 2 aromatic rings. The van der Waals surface area contributed by atoms with E-state index in [4.69, 9.17) is 4.74 Å². The molecule has 0 aliphatic rings. The standard InChI is InChI=1S/C20H23N3O6S/c1-4-12-29-18-11-6-8-15(13-18)21-20(24)19(5-2)22(30(3,27)28)16-9-7-10-17(14-16)23(25)26/h4,6-11,13-14,19H,1,5,12H2,2-3H3,(H,21,24)/t19-/m0/s1. The van der Waals surface area contributed by atoms with Crippen LogP contribution >= 0.6 is 0 Å². The van der Waals surface area contributed by atoms with E-state index in [0.717, 1.165) is 16.6 Å². The zero-order chi connectivity index (χ0) is 22.3. The van der Waals surface area contributed by atoms with Crippen molar-refractivity contribution < 1.29 is 22.9 Å². The van der Waals surface area contributed by atoms with Crippen LogP contribution in [0, 0.1) is 10.1 Å². The monoisotopic (exact) mass is 433 g/mol. The molecular weight excluding hydrogens is 410 g/mol. The summed E-state index contributed by atoms with van der Waals surface area (Å²) in [5.41, 5.74) is 0.188. The molecule has 1 atom stereocenters. The molecule has 30 heavy (non-hydrogen) atoms. The minimum Gasteiger partial charge on any atom is -0.489 e. The highest BCUT2D eigenvalue weighted by Crippen LogP contribution is 2.27. The molecule has 0 saturated carbocycles. The van der Waals surface area contributed by atoms with Crippen LogP contribution in [0.15, 0.2) is 61.2 Å². The van der Waals surface area contributed by atoms with Crippen LogP contribution in [-0.4, -0.2) is 38.2 Å². The Morgan fingerprint density at radius 2 is 2.00 bits per heavy atom. The van der Waals surface area contributed by atoms with Crippen molar-refractivity contribution in [3.05, 3.63) is 71.3 Å². The third-order valence-corrected chi connectivity index (χ3v) is 5.27. The Bertz CT molecular complexity index is 1040. The lowest BCUT2D eigenvalue weighted by Gasteiger charge is -2.30. The summed E-state index contributed by atoms with van der Waals surface area (Å²) in [6.07, 6.45) is 2.68. The first-order valence-electron chi connectivity index (χ1n) is 9.05. The molecular formula is C20H23N3O6S. The van der Waals surface area contributed by atoms with Gasteiger partial charge in [0.1, 0.15) is 18.4 Å². The topological polar surface area (TPSA) is 119 Å². The maximum absolute atomic E-state index is 12.9. The van der Waals surface area contributed by atoms with E-state index in [-0.39, 0.29) is 17.8 Å². The minimum absolute atomic E-state index is 0.0387. The third kappa shape index (κ3) is 5.80. The number of benzene rings is 2. The number of ether oxygens (including phenoxy) is 1. The van der Waals surface area contributed by atoms with E-state index in [2.05, 4.69) is 11.9 Å². The lowest BCUT2D eigenvalue weighted by atomic mass is 10.1. The highest BCUT2D eigenvalue weighted by Gasteiger charge is 2.32. The van der Waals surface area contributed by atoms with Crippen LogP contribution in [0.25, 0.3) is 0 Å². The normalized spacial score (nSPS) is 11.9. The number of sulfonamides is 1. The molecule has 1 amide bonds. The van der Waals surface area contributed by atoms with Gasteiger partial charge in [-0.05, 0) is 24.6 Å². The number of nitro groups is 1. The lowest BCUT2D eigenvalue weighted by molar-refractivity contribution is -0.384. The number of carbonyl (C=O) groups excluding carboxylic acids is 1. The van der Waals surface area contributed by atoms with Crippen molar-refractivity contribution in [2.24, 2.45) is 0 Å². The van der Waals surface area contributed by atoms with Gasteiger partial charge in [0.05, 0.1) is 16.9 Å². The predicted octanol–water partition coefficient (Wildman–Crippen LogP) is 3.34. The highest BCUT2D eigenvalue weighted by molar-refractivity contribution is 7.92.